The van der Waals surface area contributed by atoms with Gasteiger partial charge in [-0.2, -0.15) is 9.78 Å². The zero-order chi connectivity index (χ0) is 22.2. The van der Waals surface area contributed by atoms with Crippen LogP contribution in [0.2, 0.25) is 0 Å². The van der Waals surface area contributed by atoms with Crippen molar-refractivity contribution in [3.8, 4) is 22.1 Å². The summed E-state index contributed by atoms with van der Waals surface area (Å²) in [6.07, 6.45) is 1.76. The van der Waals surface area contributed by atoms with Crippen molar-refractivity contribution in [2.75, 3.05) is 7.11 Å². The van der Waals surface area contributed by atoms with E-state index in [1.54, 1.807) is 14.0 Å². The molecule has 8 nitrogen and oxygen atoms in total. The van der Waals surface area contributed by atoms with Crippen LogP contribution in [-0.4, -0.2) is 33.5 Å². The Morgan fingerprint density at radius 1 is 1.22 bits per heavy atom. The van der Waals surface area contributed by atoms with E-state index < -0.39 is 0 Å². The molecule has 0 saturated heterocycles. The van der Waals surface area contributed by atoms with Crippen LogP contribution >= 0.6 is 11.3 Å². The molecule has 0 radical (unpaired) electrons. The molecule has 1 fully saturated rings. The lowest BCUT2D eigenvalue weighted by Crippen LogP contribution is -2.24. The Morgan fingerprint density at radius 3 is 2.66 bits per heavy atom. The number of nitrogens with one attached hydrogen (secondary N) is 2. The molecule has 0 aliphatic heterocycles. The van der Waals surface area contributed by atoms with Gasteiger partial charge in [-0.3, -0.25) is 14.7 Å². The Labute approximate surface area is 187 Å². The number of aromatic amines is 1. The molecule has 2 aromatic carbocycles. The van der Waals surface area contributed by atoms with E-state index in [2.05, 4.69) is 20.6 Å². The highest BCUT2D eigenvalue weighted by molar-refractivity contribution is 7.20. The minimum atomic E-state index is -0.281. The molecule has 5 rings (SSSR count). The van der Waals surface area contributed by atoms with Crippen molar-refractivity contribution in [2.45, 2.75) is 19.8 Å². The van der Waals surface area contributed by atoms with Gasteiger partial charge in [0.15, 0.2) is 0 Å². The molecule has 9 heteroatoms. The second-order valence-corrected chi connectivity index (χ2v) is 8.65. The lowest BCUT2D eigenvalue weighted by Gasteiger charge is -2.05. The third-order valence-electron chi connectivity index (χ3n) is 5.39. The van der Waals surface area contributed by atoms with E-state index in [9.17, 15) is 9.59 Å². The molecular weight excluding hydrogens is 426 g/mol. The van der Waals surface area contributed by atoms with E-state index in [0.29, 0.717) is 27.9 Å². The van der Waals surface area contributed by atoms with Gasteiger partial charge >= 0.3 is 0 Å². The van der Waals surface area contributed by atoms with Crippen LogP contribution in [-0.2, 0) is 4.79 Å². The molecule has 0 bridgehead atoms. The number of hydrazone groups is 1. The van der Waals surface area contributed by atoms with E-state index in [-0.39, 0.29) is 17.4 Å². The summed E-state index contributed by atoms with van der Waals surface area (Å²) in [5.74, 6) is 0.626. The molecular formula is C23H21N5O3S. The van der Waals surface area contributed by atoms with Gasteiger partial charge in [0, 0.05) is 11.5 Å². The van der Waals surface area contributed by atoms with E-state index in [1.807, 2.05) is 48.5 Å². The third-order valence-corrected chi connectivity index (χ3v) is 6.41. The fourth-order valence-electron chi connectivity index (χ4n) is 3.46. The van der Waals surface area contributed by atoms with Crippen molar-refractivity contribution in [2.24, 2.45) is 11.0 Å². The first-order chi connectivity index (χ1) is 15.5. The van der Waals surface area contributed by atoms with Crippen molar-refractivity contribution < 1.29 is 9.53 Å². The number of fused-ring (bicyclic) bond motifs is 1. The number of carbonyl (C=O) groups excluding carboxylic acids is 1. The van der Waals surface area contributed by atoms with Gasteiger partial charge in [-0.05, 0) is 56.2 Å². The van der Waals surface area contributed by atoms with Crippen LogP contribution < -0.4 is 15.7 Å². The summed E-state index contributed by atoms with van der Waals surface area (Å²) >= 11 is 1.42. The lowest BCUT2D eigenvalue weighted by atomic mass is 10.1. The number of rotatable bonds is 6. The van der Waals surface area contributed by atoms with Crippen LogP contribution in [0.15, 0.2) is 58.4 Å². The molecule has 162 valence electrons. The van der Waals surface area contributed by atoms with Gasteiger partial charge in [0.2, 0.25) is 11.0 Å². The number of para-hydroxylation sites is 1. The number of carbonyl (C=O) groups is 1. The molecule has 4 aromatic rings. The first-order valence-corrected chi connectivity index (χ1v) is 11.1. The quantitative estimate of drug-likeness (QED) is 0.348. The van der Waals surface area contributed by atoms with Crippen molar-refractivity contribution in [3.05, 3.63) is 64.4 Å². The van der Waals surface area contributed by atoms with Crippen LogP contribution in [0.5, 0.6) is 5.75 Å². The number of ether oxygens (including phenoxy) is 1. The van der Waals surface area contributed by atoms with Crippen molar-refractivity contribution in [1.82, 2.24) is 20.2 Å². The number of amides is 1. The topological polar surface area (TPSA) is 101 Å². The minimum Gasteiger partial charge on any atom is -0.497 e. The Hall–Kier alpha value is -3.72. The molecule has 1 amide bonds. The van der Waals surface area contributed by atoms with Crippen LogP contribution in [0.4, 0.5) is 0 Å². The second kappa shape index (κ2) is 8.08. The monoisotopic (exact) mass is 447 g/mol. The number of hydrogen-bond acceptors (Lipinski definition) is 6. The maximum absolute atomic E-state index is 13.5. The highest BCUT2D eigenvalue weighted by atomic mass is 32.1. The Morgan fingerprint density at radius 2 is 1.97 bits per heavy atom. The number of aromatic nitrogens is 3. The molecule has 2 N–H and O–H groups in total. The normalized spacial score (nSPS) is 14.0. The van der Waals surface area contributed by atoms with E-state index in [4.69, 9.17) is 4.74 Å². The summed E-state index contributed by atoms with van der Waals surface area (Å²) in [6.45, 7) is 1.72. The van der Waals surface area contributed by atoms with Gasteiger partial charge in [0.05, 0.1) is 34.3 Å². The number of benzene rings is 2. The standard InChI is InChI=1S/C23H21N5O3S/c1-13(25-26-21(29)15-7-8-15)19-20(14-9-11-16(31-2)12-10-14)27-28(22(19)30)23-24-17-5-3-4-6-18(17)32-23/h3-6,9-12,15,27H,7-8H2,1-2H3,(H,26,29). The molecule has 1 aliphatic rings. The summed E-state index contributed by atoms with van der Waals surface area (Å²) < 4.78 is 7.67. The largest absolute Gasteiger partial charge is 0.497 e. The fraction of sp³-hybridized carbons (Fsp3) is 0.217. The first-order valence-electron chi connectivity index (χ1n) is 10.2. The summed E-state index contributed by atoms with van der Waals surface area (Å²) in [5, 5.41) is 7.96. The maximum Gasteiger partial charge on any atom is 0.283 e. The predicted octanol–water partition coefficient (Wildman–Crippen LogP) is 3.70. The van der Waals surface area contributed by atoms with E-state index >= 15 is 0 Å². The molecule has 32 heavy (non-hydrogen) atoms. The van der Waals surface area contributed by atoms with Gasteiger partial charge in [-0.1, -0.05) is 23.5 Å². The zero-order valence-corrected chi connectivity index (χ0v) is 18.4. The fourth-order valence-corrected chi connectivity index (χ4v) is 4.39. The molecule has 2 aromatic heterocycles. The lowest BCUT2D eigenvalue weighted by molar-refractivity contribution is -0.122. The van der Waals surface area contributed by atoms with E-state index in [1.165, 1.54) is 16.0 Å². The first kappa shape index (κ1) is 20.2. The zero-order valence-electron chi connectivity index (χ0n) is 17.6. The number of methoxy groups -OCH3 is 1. The second-order valence-electron chi connectivity index (χ2n) is 7.64. The van der Waals surface area contributed by atoms with Gasteiger partial charge in [-0.15, -0.1) is 0 Å². The summed E-state index contributed by atoms with van der Waals surface area (Å²) in [7, 11) is 1.60. The third kappa shape index (κ3) is 3.71. The van der Waals surface area contributed by atoms with Crippen LogP contribution in [0.25, 0.3) is 26.6 Å². The Kier molecular flexibility index (Phi) is 5.10. The summed E-state index contributed by atoms with van der Waals surface area (Å²) in [4.78, 5) is 30.1. The van der Waals surface area contributed by atoms with Crippen molar-refractivity contribution in [1.29, 1.82) is 0 Å². The molecule has 1 aliphatic carbocycles. The number of thiazole rings is 1. The summed E-state index contributed by atoms with van der Waals surface area (Å²) in [6, 6.07) is 15.1. The average Bonchev–Trinajstić information content (AvgIpc) is 3.49. The van der Waals surface area contributed by atoms with Crippen molar-refractivity contribution >= 4 is 33.2 Å². The van der Waals surface area contributed by atoms with Gasteiger partial charge in [-0.25, -0.2) is 10.4 Å². The van der Waals surface area contributed by atoms with Crippen molar-refractivity contribution in [3.63, 3.8) is 0 Å². The highest BCUT2D eigenvalue weighted by Gasteiger charge is 2.29. The smallest absolute Gasteiger partial charge is 0.283 e. The molecule has 2 heterocycles. The van der Waals surface area contributed by atoms with Crippen LogP contribution in [0, 0.1) is 5.92 Å². The number of hydrogen-bond donors (Lipinski definition) is 2. The van der Waals surface area contributed by atoms with Gasteiger partial charge in [0.25, 0.3) is 5.56 Å². The van der Waals surface area contributed by atoms with Gasteiger partial charge < -0.3 is 4.74 Å². The molecule has 0 unspecified atom stereocenters. The molecule has 0 spiro atoms. The molecule has 1 saturated carbocycles. The van der Waals surface area contributed by atoms with Crippen LogP contribution in [0.1, 0.15) is 25.3 Å². The highest BCUT2D eigenvalue weighted by Crippen LogP contribution is 2.29. The Balaban J connectivity index is 1.62. The maximum atomic E-state index is 13.5. The molecule has 0 atom stereocenters. The minimum absolute atomic E-state index is 0.0261. The SMILES string of the molecule is COc1ccc(-c2[nH]n(-c3nc4ccccc4s3)c(=O)c2C(C)=NNC(=O)C2CC2)cc1. The Bertz CT molecular complexity index is 1360. The average molecular weight is 448 g/mol. The van der Waals surface area contributed by atoms with Gasteiger partial charge in [0.1, 0.15) is 5.75 Å². The van der Waals surface area contributed by atoms with Crippen LogP contribution in [0.3, 0.4) is 0 Å². The van der Waals surface area contributed by atoms with E-state index in [0.717, 1.165) is 28.6 Å². The number of nitrogens with zero attached hydrogens (tertiary/aromatic N) is 3. The number of H-pyrrole nitrogens is 1. The summed E-state index contributed by atoms with van der Waals surface area (Å²) in [5.41, 5.74) is 5.32. The predicted molar refractivity (Wildman–Crippen MR) is 125 cm³/mol.